The van der Waals surface area contributed by atoms with Gasteiger partial charge < -0.3 is 24.2 Å². The topological polar surface area (TPSA) is 116 Å². The van der Waals surface area contributed by atoms with Gasteiger partial charge in [0.15, 0.2) is 0 Å². The van der Waals surface area contributed by atoms with Crippen molar-refractivity contribution >= 4 is 58.5 Å². The third kappa shape index (κ3) is 8.37. The number of aromatic carboxylic acids is 1. The minimum atomic E-state index is -0.968. The molecule has 1 fully saturated rings. The normalized spacial score (nSPS) is 18.5. The zero-order chi connectivity index (χ0) is 38.7. The number of nitro groups is 1. The van der Waals surface area contributed by atoms with Crippen LogP contribution in [-0.2, 0) is 7.05 Å². The Morgan fingerprint density at radius 2 is 1.55 bits per heavy atom. The quantitative estimate of drug-likeness (QED) is 0.0641. The van der Waals surface area contributed by atoms with E-state index in [1.807, 2.05) is 110 Å². The van der Waals surface area contributed by atoms with Gasteiger partial charge in [0.1, 0.15) is 5.54 Å². The molecule has 1 unspecified atom stereocenters. The molecule has 2 heterocycles. The number of anilines is 3. The average molecular weight is 795 g/mol. The Balaban J connectivity index is 0.990. The first-order valence-corrected chi connectivity index (χ1v) is 20.2. The first-order chi connectivity index (χ1) is 26.5. The van der Waals surface area contributed by atoms with Gasteiger partial charge in [-0.3, -0.25) is 10.1 Å². The summed E-state index contributed by atoms with van der Waals surface area (Å²) in [6.07, 6.45) is 3.22. The molecular weight excluding hydrogens is 752 g/mol. The Kier molecular flexibility index (Phi) is 11.5. The number of rotatable bonds is 12. The molecule has 1 aliphatic heterocycles. The molecule has 3 N–H and O–H groups in total. The highest BCUT2D eigenvalue weighted by molar-refractivity contribution is 8.01. The molecule has 0 bridgehead atoms. The lowest BCUT2D eigenvalue weighted by Gasteiger charge is -2.37. The molecule has 10 nitrogen and oxygen atoms in total. The molecule has 0 saturated carbocycles. The Labute approximate surface area is 335 Å². The summed E-state index contributed by atoms with van der Waals surface area (Å²) in [5.41, 5.74) is 6.65. The lowest BCUT2D eigenvalue weighted by Crippen LogP contribution is -2.46. The van der Waals surface area contributed by atoms with Crippen LogP contribution in [0.1, 0.15) is 35.8 Å². The van der Waals surface area contributed by atoms with E-state index in [1.165, 1.54) is 23.9 Å². The number of piperazine rings is 1. The van der Waals surface area contributed by atoms with Gasteiger partial charge >= 0.3 is 5.97 Å². The van der Waals surface area contributed by atoms with Crippen LogP contribution in [0.5, 0.6) is 0 Å². The van der Waals surface area contributed by atoms with E-state index < -0.39 is 11.5 Å². The monoisotopic (exact) mass is 794 g/mol. The van der Waals surface area contributed by atoms with Gasteiger partial charge in [-0.15, -0.1) is 0 Å². The van der Waals surface area contributed by atoms with Gasteiger partial charge in [-0.05, 0) is 116 Å². The van der Waals surface area contributed by atoms with Crippen LogP contribution in [0.25, 0.3) is 22.4 Å². The van der Waals surface area contributed by atoms with Gasteiger partial charge in [0, 0.05) is 82.8 Å². The zero-order valence-corrected chi connectivity index (χ0v) is 33.3. The lowest BCUT2D eigenvalue weighted by molar-refractivity contribution is -0.436. The van der Waals surface area contributed by atoms with Gasteiger partial charge in [-0.2, -0.15) is 0 Å². The number of nitrogens with one attached hydrogen (secondary N) is 2. The second kappa shape index (κ2) is 16.5. The summed E-state index contributed by atoms with van der Waals surface area (Å²) in [6, 6.07) is 33.9. The van der Waals surface area contributed by atoms with Gasteiger partial charge in [0.25, 0.3) is 5.70 Å². The van der Waals surface area contributed by atoms with E-state index in [0.29, 0.717) is 22.7 Å². The Morgan fingerprint density at radius 3 is 2.18 bits per heavy atom. The highest BCUT2D eigenvalue weighted by atomic mass is 35.5. The van der Waals surface area contributed by atoms with Crippen molar-refractivity contribution in [3.8, 4) is 22.4 Å². The smallest absolute Gasteiger partial charge is 0.338 e. The Hall–Kier alpha value is -4.88. The van der Waals surface area contributed by atoms with Gasteiger partial charge in [0.05, 0.1) is 16.2 Å². The van der Waals surface area contributed by atoms with Crippen LogP contribution in [0.15, 0.2) is 120 Å². The summed E-state index contributed by atoms with van der Waals surface area (Å²) in [5.74, 6) is -0.968. The van der Waals surface area contributed by atoms with E-state index in [2.05, 4.69) is 37.4 Å². The minimum Gasteiger partial charge on any atom is -0.478 e. The van der Waals surface area contributed by atoms with Gasteiger partial charge in [0.2, 0.25) is 0 Å². The summed E-state index contributed by atoms with van der Waals surface area (Å²) in [6.45, 7) is 6.88. The van der Waals surface area contributed by atoms with Crippen LogP contribution < -0.4 is 19.2 Å². The predicted octanol–water partition coefficient (Wildman–Crippen LogP) is 9.78. The summed E-state index contributed by atoms with van der Waals surface area (Å²) in [4.78, 5) is 30.1. The highest BCUT2D eigenvalue weighted by Crippen LogP contribution is 2.42. The lowest BCUT2D eigenvalue weighted by atomic mass is 9.87. The summed E-state index contributed by atoms with van der Waals surface area (Å²) >= 11 is 9.67. The fourth-order valence-corrected chi connectivity index (χ4v) is 9.34. The van der Waals surface area contributed by atoms with E-state index in [9.17, 15) is 20.0 Å². The number of carboxylic acids is 1. The number of carboxylic acid groups (broad SMARTS) is 1. The number of halogens is 1. The average Bonchev–Trinajstić information content (AvgIpc) is 3.47. The van der Waals surface area contributed by atoms with Crippen molar-refractivity contribution < 1.29 is 14.8 Å². The maximum Gasteiger partial charge on any atom is 0.338 e. The molecule has 1 aliphatic carbocycles. The number of benzene rings is 4. The second-order valence-electron chi connectivity index (χ2n) is 14.1. The van der Waals surface area contributed by atoms with Gasteiger partial charge in [-0.1, -0.05) is 60.1 Å². The molecule has 0 amide bonds. The Morgan fingerprint density at radius 1 is 0.909 bits per heavy atom. The molecule has 2 aliphatic rings. The van der Waals surface area contributed by atoms with Crippen LogP contribution in [0.2, 0.25) is 5.02 Å². The maximum atomic E-state index is 12.6. The standard InChI is InChI=1S/C42H43ClN6O4S2/c1-28-38(41(50)51)39(40(46(28)3)29-10-6-4-7-11-29)30-24-31(43)26-34(25-30)48-22-20-47(21-23-48)33-16-14-32(15-17-33)44-54-36-18-19-42(2,37(27-36)49(52)53)45-55-35-12-8-5-9-13-35/h4-17,24-27,36,44-45H,18-23H2,1-3H3,(H,50,51)/t36?,42-/m0/s1. The predicted molar refractivity (Wildman–Crippen MR) is 227 cm³/mol. The zero-order valence-electron chi connectivity index (χ0n) is 30.9. The molecule has 2 atom stereocenters. The number of carbonyl (C=O) groups is 1. The van der Waals surface area contributed by atoms with Gasteiger partial charge in [-0.25, -0.2) is 9.52 Å². The van der Waals surface area contributed by atoms with Crippen molar-refractivity contribution in [3.63, 3.8) is 0 Å². The number of aromatic nitrogens is 1. The summed E-state index contributed by atoms with van der Waals surface area (Å²) in [7, 11) is 1.91. The Bertz CT molecular complexity index is 2210. The maximum absolute atomic E-state index is 12.6. The van der Waals surface area contributed by atoms with E-state index in [4.69, 9.17) is 11.6 Å². The largest absolute Gasteiger partial charge is 0.478 e. The highest BCUT2D eigenvalue weighted by Gasteiger charge is 2.42. The minimum absolute atomic E-state index is 0.0386. The molecule has 4 aromatic carbocycles. The molecule has 0 radical (unpaired) electrons. The van der Waals surface area contributed by atoms with Crippen molar-refractivity contribution in [2.75, 3.05) is 40.7 Å². The molecule has 1 aromatic heterocycles. The first-order valence-electron chi connectivity index (χ1n) is 18.2. The first kappa shape index (κ1) is 38.4. The number of hydrogen-bond acceptors (Lipinski definition) is 9. The van der Waals surface area contributed by atoms with Crippen molar-refractivity contribution in [1.29, 1.82) is 0 Å². The second-order valence-corrected chi connectivity index (χ2v) is 16.5. The number of hydrogen-bond donors (Lipinski definition) is 3. The van der Waals surface area contributed by atoms with E-state index in [0.717, 1.165) is 71.4 Å². The fourth-order valence-electron chi connectivity index (χ4n) is 7.41. The van der Waals surface area contributed by atoms with Crippen molar-refractivity contribution in [1.82, 2.24) is 9.29 Å². The molecule has 13 heteroatoms. The summed E-state index contributed by atoms with van der Waals surface area (Å²) < 4.78 is 8.73. The van der Waals surface area contributed by atoms with E-state index >= 15 is 0 Å². The van der Waals surface area contributed by atoms with Crippen LogP contribution in [-0.4, -0.2) is 57.5 Å². The molecule has 55 heavy (non-hydrogen) atoms. The molecule has 1 saturated heterocycles. The van der Waals surface area contributed by atoms with Crippen LogP contribution in [0, 0.1) is 17.0 Å². The third-order valence-corrected chi connectivity index (χ3v) is 12.8. The van der Waals surface area contributed by atoms with Crippen molar-refractivity contribution in [2.24, 2.45) is 7.05 Å². The molecule has 5 aromatic rings. The molecular formula is C42H43ClN6O4S2. The SMILES string of the molecule is Cc1c(C(=O)O)c(-c2cc(Cl)cc(N3CCN(c4ccc(NSC5C=C([N+](=O)[O-])[C@@](C)(NSc6ccccc6)CC5)cc4)CC3)c2)c(-c2ccccc2)n1C. The summed E-state index contributed by atoms with van der Waals surface area (Å²) in [5, 5.41) is 22.9. The van der Waals surface area contributed by atoms with E-state index in [1.54, 1.807) is 6.08 Å². The van der Waals surface area contributed by atoms with Crippen LogP contribution >= 0.6 is 35.5 Å². The molecule has 7 rings (SSSR count). The van der Waals surface area contributed by atoms with Crippen LogP contribution in [0.4, 0.5) is 17.1 Å². The molecule has 284 valence electrons. The molecule has 0 spiro atoms. The van der Waals surface area contributed by atoms with E-state index in [-0.39, 0.29) is 21.4 Å². The van der Waals surface area contributed by atoms with Crippen LogP contribution in [0.3, 0.4) is 0 Å². The fraction of sp³-hybridized carbons (Fsp3) is 0.262. The number of nitrogens with zero attached hydrogens (tertiary/aromatic N) is 4. The van der Waals surface area contributed by atoms with Crippen molar-refractivity contribution in [3.05, 3.63) is 141 Å². The third-order valence-electron chi connectivity index (χ3n) is 10.5. The van der Waals surface area contributed by atoms with Crippen molar-refractivity contribution in [2.45, 2.75) is 42.4 Å².